The number of benzene rings is 2. The normalized spacial score (nSPS) is 10.8. The standard InChI is InChI=1S/C14H9ClO/c15-12-8-4-7-11-9-13(16-14(11)12)10-5-2-1-3-6-10/h1-9H. The molecule has 0 radical (unpaired) electrons. The maximum Gasteiger partial charge on any atom is 0.153 e. The van der Waals surface area contributed by atoms with E-state index in [0.717, 1.165) is 22.3 Å². The topological polar surface area (TPSA) is 13.1 Å². The third-order valence-electron chi connectivity index (χ3n) is 2.55. The number of rotatable bonds is 1. The minimum Gasteiger partial charge on any atom is -0.455 e. The highest BCUT2D eigenvalue weighted by molar-refractivity contribution is 6.34. The zero-order valence-electron chi connectivity index (χ0n) is 8.48. The molecule has 0 aliphatic carbocycles. The highest BCUT2D eigenvalue weighted by Crippen LogP contribution is 2.31. The predicted molar refractivity (Wildman–Crippen MR) is 66.7 cm³/mol. The molecule has 0 aliphatic rings. The first kappa shape index (κ1) is 9.49. The smallest absolute Gasteiger partial charge is 0.153 e. The first-order chi connectivity index (χ1) is 7.84. The molecule has 0 bridgehead atoms. The Bertz CT molecular complexity index is 626. The molecule has 3 rings (SSSR count). The van der Waals surface area contributed by atoms with Crippen molar-refractivity contribution in [3.63, 3.8) is 0 Å². The van der Waals surface area contributed by atoms with E-state index < -0.39 is 0 Å². The summed E-state index contributed by atoms with van der Waals surface area (Å²) in [6.45, 7) is 0. The van der Waals surface area contributed by atoms with E-state index in [1.54, 1.807) is 0 Å². The second kappa shape index (κ2) is 3.69. The van der Waals surface area contributed by atoms with Crippen LogP contribution in [0.4, 0.5) is 0 Å². The van der Waals surface area contributed by atoms with Crippen molar-refractivity contribution in [3.05, 3.63) is 59.6 Å². The molecule has 0 unspecified atom stereocenters. The van der Waals surface area contributed by atoms with Gasteiger partial charge >= 0.3 is 0 Å². The third kappa shape index (κ3) is 1.50. The summed E-state index contributed by atoms with van der Waals surface area (Å²) in [5.74, 6) is 0.851. The van der Waals surface area contributed by atoms with Gasteiger partial charge in [0, 0.05) is 10.9 Å². The molecule has 0 amide bonds. The van der Waals surface area contributed by atoms with Gasteiger partial charge in [-0.15, -0.1) is 0 Å². The molecule has 3 aromatic rings. The van der Waals surface area contributed by atoms with Gasteiger partial charge in [-0.3, -0.25) is 0 Å². The number of furan rings is 1. The van der Waals surface area contributed by atoms with E-state index in [0.29, 0.717) is 5.02 Å². The largest absolute Gasteiger partial charge is 0.455 e. The summed E-state index contributed by atoms with van der Waals surface area (Å²) in [6.07, 6.45) is 0. The van der Waals surface area contributed by atoms with Crippen molar-refractivity contribution >= 4 is 22.6 Å². The lowest BCUT2D eigenvalue weighted by Crippen LogP contribution is -1.69. The summed E-state index contributed by atoms with van der Waals surface area (Å²) in [5, 5.41) is 1.69. The molecule has 0 spiro atoms. The molecule has 0 N–H and O–H groups in total. The van der Waals surface area contributed by atoms with Crippen molar-refractivity contribution in [2.75, 3.05) is 0 Å². The Morgan fingerprint density at radius 2 is 1.69 bits per heavy atom. The Balaban J connectivity index is 2.23. The summed E-state index contributed by atoms with van der Waals surface area (Å²) >= 11 is 6.06. The number of hydrogen-bond donors (Lipinski definition) is 0. The van der Waals surface area contributed by atoms with Gasteiger partial charge in [0.2, 0.25) is 0 Å². The summed E-state index contributed by atoms with van der Waals surface area (Å²) in [7, 11) is 0. The third-order valence-corrected chi connectivity index (χ3v) is 2.85. The maximum atomic E-state index is 6.06. The van der Waals surface area contributed by atoms with Crippen LogP contribution in [0.3, 0.4) is 0 Å². The fourth-order valence-corrected chi connectivity index (χ4v) is 1.99. The molecule has 0 fully saturated rings. The molecule has 16 heavy (non-hydrogen) atoms. The van der Waals surface area contributed by atoms with Gasteiger partial charge in [0.15, 0.2) is 5.58 Å². The van der Waals surface area contributed by atoms with E-state index in [-0.39, 0.29) is 0 Å². The second-order valence-corrected chi connectivity index (χ2v) is 4.04. The monoisotopic (exact) mass is 228 g/mol. The van der Waals surface area contributed by atoms with Crippen LogP contribution in [-0.4, -0.2) is 0 Å². The van der Waals surface area contributed by atoms with Gasteiger partial charge in [0.25, 0.3) is 0 Å². The van der Waals surface area contributed by atoms with Gasteiger partial charge in [0.05, 0.1) is 5.02 Å². The van der Waals surface area contributed by atoms with Crippen LogP contribution < -0.4 is 0 Å². The molecule has 2 heteroatoms. The molecule has 0 aliphatic heterocycles. The lowest BCUT2D eigenvalue weighted by molar-refractivity contribution is 0.631. The minimum atomic E-state index is 0.652. The summed E-state index contributed by atoms with van der Waals surface area (Å²) in [6, 6.07) is 17.8. The van der Waals surface area contributed by atoms with Crippen molar-refractivity contribution < 1.29 is 4.42 Å². The highest BCUT2D eigenvalue weighted by atomic mass is 35.5. The van der Waals surface area contributed by atoms with E-state index in [1.165, 1.54) is 0 Å². The summed E-state index contributed by atoms with van der Waals surface area (Å²) in [4.78, 5) is 0. The second-order valence-electron chi connectivity index (χ2n) is 3.63. The van der Waals surface area contributed by atoms with Gasteiger partial charge in [-0.1, -0.05) is 54.1 Å². The van der Waals surface area contributed by atoms with E-state index in [4.69, 9.17) is 16.0 Å². The average molecular weight is 229 g/mol. The molecule has 1 nitrogen and oxygen atoms in total. The zero-order valence-corrected chi connectivity index (χ0v) is 9.24. The van der Waals surface area contributed by atoms with Crippen molar-refractivity contribution in [2.45, 2.75) is 0 Å². The molecule has 78 valence electrons. The van der Waals surface area contributed by atoms with Gasteiger partial charge < -0.3 is 4.42 Å². The van der Waals surface area contributed by atoms with Crippen LogP contribution in [0, 0.1) is 0 Å². The molecule has 0 saturated carbocycles. The van der Waals surface area contributed by atoms with Gasteiger partial charge in [-0.05, 0) is 12.1 Å². The maximum absolute atomic E-state index is 6.06. The van der Waals surface area contributed by atoms with Crippen molar-refractivity contribution in [2.24, 2.45) is 0 Å². The average Bonchev–Trinajstić information content (AvgIpc) is 2.76. The minimum absolute atomic E-state index is 0.652. The van der Waals surface area contributed by atoms with Gasteiger partial charge in [-0.25, -0.2) is 0 Å². The molecule has 1 aromatic heterocycles. The fourth-order valence-electron chi connectivity index (χ4n) is 1.77. The number of para-hydroxylation sites is 1. The number of halogens is 1. The first-order valence-electron chi connectivity index (χ1n) is 5.08. The Hall–Kier alpha value is -1.73. The predicted octanol–water partition coefficient (Wildman–Crippen LogP) is 4.75. The van der Waals surface area contributed by atoms with Crippen LogP contribution in [0.25, 0.3) is 22.3 Å². The van der Waals surface area contributed by atoms with Crippen LogP contribution in [0.15, 0.2) is 59.0 Å². The van der Waals surface area contributed by atoms with Gasteiger partial charge in [-0.2, -0.15) is 0 Å². The van der Waals surface area contributed by atoms with Crippen LogP contribution in [0.2, 0.25) is 5.02 Å². The molecule has 1 heterocycles. The molecule has 0 atom stereocenters. The Morgan fingerprint density at radius 1 is 0.875 bits per heavy atom. The summed E-state index contributed by atoms with van der Waals surface area (Å²) in [5.41, 5.74) is 1.82. The van der Waals surface area contributed by atoms with E-state index in [2.05, 4.69) is 0 Å². The van der Waals surface area contributed by atoms with Crippen LogP contribution in [0.1, 0.15) is 0 Å². The van der Waals surface area contributed by atoms with Crippen LogP contribution in [-0.2, 0) is 0 Å². The Kier molecular flexibility index (Phi) is 2.19. The van der Waals surface area contributed by atoms with Gasteiger partial charge in [0.1, 0.15) is 5.76 Å². The Morgan fingerprint density at radius 3 is 2.44 bits per heavy atom. The quantitative estimate of drug-likeness (QED) is 0.586. The highest BCUT2D eigenvalue weighted by Gasteiger charge is 2.07. The Labute approximate surface area is 98.3 Å². The number of fused-ring (bicyclic) bond motifs is 1. The van der Waals surface area contributed by atoms with E-state index >= 15 is 0 Å². The molecular weight excluding hydrogens is 220 g/mol. The summed E-state index contributed by atoms with van der Waals surface area (Å²) < 4.78 is 5.75. The SMILES string of the molecule is Clc1cccc2cc(-c3ccccc3)oc12. The van der Waals surface area contributed by atoms with E-state index in [9.17, 15) is 0 Å². The van der Waals surface area contributed by atoms with Crippen molar-refractivity contribution in [1.29, 1.82) is 0 Å². The van der Waals surface area contributed by atoms with Crippen molar-refractivity contribution in [3.8, 4) is 11.3 Å². The molecule has 0 saturated heterocycles. The molecular formula is C14H9ClO. The lowest BCUT2D eigenvalue weighted by atomic mass is 10.1. The van der Waals surface area contributed by atoms with Crippen LogP contribution >= 0.6 is 11.6 Å². The molecule has 2 aromatic carbocycles. The lowest BCUT2D eigenvalue weighted by Gasteiger charge is -1.94. The zero-order chi connectivity index (χ0) is 11.0. The fraction of sp³-hybridized carbons (Fsp3) is 0. The van der Waals surface area contributed by atoms with Crippen LogP contribution in [0.5, 0.6) is 0 Å². The first-order valence-corrected chi connectivity index (χ1v) is 5.46. The number of hydrogen-bond acceptors (Lipinski definition) is 1. The van der Waals surface area contributed by atoms with E-state index in [1.807, 2.05) is 54.6 Å². The van der Waals surface area contributed by atoms with Crippen molar-refractivity contribution in [1.82, 2.24) is 0 Å².